The third-order valence-electron chi connectivity index (χ3n) is 1.66. The van der Waals surface area contributed by atoms with Gasteiger partial charge in [0.15, 0.2) is 0 Å². The summed E-state index contributed by atoms with van der Waals surface area (Å²) < 4.78 is 3.78. The summed E-state index contributed by atoms with van der Waals surface area (Å²) in [5.41, 5.74) is 1.01. The quantitative estimate of drug-likeness (QED) is 0.534. The molecule has 2 rings (SSSR count). The number of para-hydroxylation sites is 1. The van der Waals surface area contributed by atoms with Gasteiger partial charge < -0.3 is 9.13 Å². The van der Waals surface area contributed by atoms with Crippen molar-refractivity contribution in [2.45, 2.75) is 0 Å². The third-order valence-corrected chi connectivity index (χ3v) is 1.66. The molecule has 3 heteroatoms. The summed E-state index contributed by atoms with van der Waals surface area (Å²) in [6, 6.07) is 10.9. The summed E-state index contributed by atoms with van der Waals surface area (Å²) in [4.78, 5) is 0. The summed E-state index contributed by atoms with van der Waals surface area (Å²) in [6.45, 7) is 0. The van der Waals surface area contributed by atoms with E-state index in [1.807, 2.05) is 52.8 Å². The SMILES string of the molecule is Cn1[c-][n+](-c2[c-]cccc2)cc1.[Ir]. The number of aromatic nitrogens is 2. The number of hydrogen-bond donors (Lipinski definition) is 0. The number of nitrogens with zero attached hydrogens (tertiary/aromatic N) is 2. The van der Waals surface area contributed by atoms with Crippen molar-refractivity contribution in [2.75, 3.05) is 0 Å². The van der Waals surface area contributed by atoms with Gasteiger partial charge in [-0.2, -0.15) is 30.3 Å². The molecule has 1 aromatic heterocycles. The Kier molecular flexibility index (Phi) is 3.40. The van der Waals surface area contributed by atoms with Gasteiger partial charge in [-0.15, -0.1) is 0 Å². The number of imidazole rings is 1. The topological polar surface area (TPSA) is 8.81 Å². The first-order valence-electron chi connectivity index (χ1n) is 3.80. The van der Waals surface area contributed by atoms with E-state index in [-0.39, 0.29) is 20.1 Å². The fourth-order valence-corrected chi connectivity index (χ4v) is 1.07. The Morgan fingerprint density at radius 3 is 2.77 bits per heavy atom. The van der Waals surface area contributed by atoms with Crippen molar-refractivity contribution in [3.63, 3.8) is 0 Å². The van der Waals surface area contributed by atoms with Crippen molar-refractivity contribution < 1.29 is 24.7 Å². The minimum atomic E-state index is 0. The molecule has 2 aromatic rings. The van der Waals surface area contributed by atoms with E-state index in [1.54, 1.807) is 0 Å². The predicted octanol–water partition coefficient (Wildman–Crippen LogP) is 0.900. The molecule has 0 amide bonds. The molecule has 69 valence electrons. The largest absolute Gasteiger partial charge is 0.348 e. The Balaban J connectivity index is 0.000000845. The maximum absolute atomic E-state index is 3.12. The van der Waals surface area contributed by atoms with E-state index in [0.29, 0.717) is 0 Å². The first-order chi connectivity index (χ1) is 5.86. The van der Waals surface area contributed by atoms with E-state index >= 15 is 0 Å². The normalized spacial score (nSPS) is 9.31. The summed E-state index contributed by atoms with van der Waals surface area (Å²) in [5.74, 6) is 0. The Morgan fingerprint density at radius 1 is 1.38 bits per heavy atom. The van der Waals surface area contributed by atoms with Crippen molar-refractivity contribution in [2.24, 2.45) is 7.05 Å². The second kappa shape index (κ2) is 4.35. The van der Waals surface area contributed by atoms with Crippen LogP contribution >= 0.6 is 0 Å². The molecule has 0 bridgehead atoms. The van der Waals surface area contributed by atoms with E-state index in [4.69, 9.17) is 0 Å². The third kappa shape index (κ3) is 2.27. The van der Waals surface area contributed by atoms with Crippen molar-refractivity contribution in [1.29, 1.82) is 0 Å². The summed E-state index contributed by atoms with van der Waals surface area (Å²) >= 11 is 0. The van der Waals surface area contributed by atoms with E-state index in [1.165, 1.54) is 0 Å². The van der Waals surface area contributed by atoms with E-state index < -0.39 is 0 Å². The minimum Gasteiger partial charge on any atom is -0.348 e. The first kappa shape index (κ1) is 10.2. The molecule has 13 heavy (non-hydrogen) atoms. The van der Waals surface area contributed by atoms with Crippen LogP contribution in [0.3, 0.4) is 0 Å². The summed E-state index contributed by atoms with van der Waals surface area (Å²) in [7, 11) is 1.94. The average Bonchev–Trinajstić information content (AvgIpc) is 2.54. The second-order valence-electron chi connectivity index (χ2n) is 2.63. The Labute approximate surface area is 91.2 Å². The molecule has 0 fully saturated rings. The molecule has 0 saturated carbocycles. The molecule has 0 aliphatic rings. The average molecular weight is 349 g/mol. The number of rotatable bonds is 1. The van der Waals surface area contributed by atoms with E-state index in [2.05, 4.69) is 12.4 Å². The van der Waals surface area contributed by atoms with Crippen molar-refractivity contribution in [1.82, 2.24) is 4.57 Å². The zero-order valence-electron chi connectivity index (χ0n) is 7.19. The van der Waals surface area contributed by atoms with E-state index in [9.17, 15) is 0 Å². The van der Waals surface area contributed by atoms with Crippen LogP contribution in [0.5, 0.6) is 0 Å². The standard InChI is InChI=1S/C10H9N2.Ir/c1-11-7-8-12(9-11)10-5-3-2-4-6-10;/h2-5,7-8H,1H3;/q-1;. The molecule has 0 spiro atoms. The molecule has 0 unspecified atom stereocenters. The Hall–Kier alpha value is -0.921. The maximum Gasteiger partial charge on any atom is 0.241 e. The Bertz CT molecular complexity index is 367. The van der Waals surface area contributed by atoms with Crippen LogP contribution in [0, 0.1) is 12.4 Å². The van der Waals surface area contributed by atoms with Gasteiger partial charge in [0.1, 0.15) is 0 Å². The first-order valence-corrected chi connectivity index (χ1v) is 3.80. The van der Waals surface area contributed by atoms with Gasteiger partial charge in [-0.1, -0.05) is 5.69 Å². The number of aryl methyl sites for hydroxylation is 1. The molecule has 1 heterocycles. The van der Waals surface area contributed by atoms with Crippen LogP contribution in [0.1, 0.15) is 0 Å². The monoisotopic (exact) mass is 350 g/mol. The van der Waals surface area contributed by atoms with Crippen molar-refractivity contribution >= 4 is 0 Å². The van der Waals surface area contributed by atoms with Gasteiger partial charge in [-0.25, -0.2) is 0 Å². The van der Waals surface area contributed by atoms with Gasteiger partial charge >= 0.3 is 0 Å². The van der Waals surface area contributed by atoms with Crippen LogP contribution in [0.25, 0.3) is 5.69 Å². The van der Waals surface area contributed by atoms with Gasteiger partial charge in [-0.3, -0.25) is 0 Å². The van der Waals surface area contributed by atoms with Crippen LogP contribution < -0.4 is 4.57 Å². The van der Waals surface area contributed by atoms with Crippen LogP contribution in [0.4, 0.5) is 0 Å². The second-order valence-corrected chi connectivity index (χ2v) is 2.63. The molecule has 1 aromatic carbocycles. The van der Waals surface area contributed by atoms with Gasteiger partial charge in [0, 0.05) is 32.5 Å². The van der Waals surface area contributed by atoms with Crippen molar-refractivity contribution in [3.8, 4) is 5.69 Å². The van der Waals surface area contributed by atoms with Crippen LogP contribution in [-0.2, 0) is 27.2 Å². The van der Waals surface area contributed by atoms with Gasteiger partial charge in [0.2, 0.25) is 6.33 Å². The Morgan fingerprint density at radius 2 is 2.23 bits per heavy atom. The fraction of sp³-hybridized carbons (Fsp3) is 0.100. The molecule has 1 radical (unpaired) electrons. The van der Waals surface area contributed by atoms with Crippen LogP contribution in [0.2, 0.25) is 0 Å². The molecular weight excluding hydrogens is 340 g/mol. The molecule has 0 N–H and O–H groups in total. The predicted molar refractivity (Wildman–Crippen MR) is 44.6 cm³/mol. The smallest absolute Gasteiger partial charge is 0.241 e. The van der Waals surface area contributed by atoms with Crippen LogP contribution in [-0.4, -0.2) is 4.57 Å². The van der Waals surface area contributed by atoms with Gasteiger partial charge in [0.25, 0.3) is 0 Å². The summed E-state index contributed by atoms with van der Waals surface area (Å²) in [5, 5.41) is 0. The fourth-order valence-electron chi connectivity index (χ4n) is 1.07. The van der Waals surface area contributed by atoms with E-state index in [0.717, 1.165) is 5.69 Å². The number of benzene rings is 1. The van der Waals surface area contributed by atoms with Gasteiger partial charge in [0.05, 0.1) is 7.05 Å². The molecule has 0 aliphatic heterocycles. The zero-order chi connectivity index (χ0) is 8.39. The summed E-state index contributed by atoms with van der Waals surface area (Å²) in [6.07, 6.45) is 6.99. The molecular formula is C10H9IrN2-. The molecule has 0 saturated heterocycles. The maximum atomic E-state index is 3.12. The van der Waals surface area contributed by atoms with Gasteiger partial charge in [-0.05, 0) is 0 Å². The van der Waals surface area contributed by atoms with Crippen LogP contribution in [0.15, 0.2) is 36.7 Å². The minimum absolute atomic E-state index is 0. The number of hydrogen-bond acceptors (Lipinski definition) is 0. The zero-order valence-corrected chi connectivity index (χ0v) is 9.59. The molecule has 2 nitrogen and oxygen atoms in total. The molecule has 0 aliphatic carbocycles. The van der Waals surface area contributed by atoms with Crippen molar-refractivity contribution in [3.05, 3.63) is 49.1 Å². The molecule has 0 atom stereocenters.